The van der Waals surface area contributed by atoms with Crippen molar-refractivity contribution in [1.82, 2.24) is 19.9 Å². The lowest BCUT2D eigenvalue weighted by atomic mass is 9.94. The summed E-state index contributed by atoms with van der Waals surface area (Å²) in [6.45, 7) is 1.93. The Bertz CT molecular complexity index is 1080. The number of rotatable bonds is 9. The number of carbonyl (C=O) groups is 2. The van der Waals surface area contributed by atoms with E-state index in [0.29, 0.717) is 5.78 Å². The van der Waals surface area contributed by atoms with E-state index in [0.717, 1.165) is 60.5 Å². The first kappa shape index (κ1) is 22.5. The molecule has 1 N–H and O–H groups in total. The zero-order valence-corrected chi connectivity index (χ0v) is 19.5. The molecule has 3 aromatic rings. The summed E-state index contributed by atoms with van der Waals surface area (Å²) in [6.07, 6.45) is 8.30. The summed E-state index contributed by atoms with van der Waals surface area (Å²) in [7, 11) is 0. The minimum atomic E-state index is -0.284. The molecule has 1 aliphatic carbocycles. The molecule has 168 valence electrons. The Hall–Kier alpha value is -2.67. The van der Waals surface area contributed by atoms with E-state index in [4.69, 9.17) is 0 Å². The lowest BCUT2D eigenvalue weighted by molar-refractivity contribution is -0.123. The molecule has 7 heteroatoms. The van der Waals surface area contributed by atoms with Gasteiger partial charge in [-0.25, -0.2) is 0 Å². The van der Waals surface area contributed by atoms with Gasteiger partial charge in [0.2, 0.25) is 5.91 Å². The van der Waals surface area contributed by atoms with Crippen molar-refractivity contribution in [3.63, 3.8) is 0 Å². The van der Waals surface area contributed by atoms with Crippen LogP contribution in [-0.4, -0.2) is 38.3 Å². The quantitative estimate of drug-likeness (QED) is 0.524. The first-order chi connectivity index (χ1) is 15.6. The number of ketones is 1. The maximum atomic E-state index is 13.1. The summed E-state index contributed by atoms with van der Waals surface area (Å²) in [6, 6.07) is 13.7. The number of pyridine rings is 1. The van der Waals surface area contributed by atoms with Gasteiger partial charge in [0.05, 0.1) is 12.0 Å². The van der Waals surface area contributed by atoms with E-state index in [-0.39, 0.29) is 23.8 Å². The smallest absolute Gasteiger partial charge is 0.227 e. The second-order valence-corrected chi connectivity index (χ2v) is 9.54. The second kappa shape index (κ2) is 10.3. The molecule has 2 heterocycles. The van der Waals surface area contributed by atoms with Crippen LogP contribution in [0.15, 0.2) is 48.7 Å². The summed E-state index contributed by atoms with van der Waals surface area (Å²) in [5, 5.41) is 11.8. The fraction of sp³-hybridized carbons (Fsp3) is 0.440. The molecule has 0 aliphatic heterocycles. The van der Waals surface area contributed by atoms with Crippen LogP contribution in [0.4, 0.5) is 0 Å². The molecule has 0 unspecified atom stereocenters. The van der Waals surface area contributed by atoms with Crippen LogP contribution in [0.2, 0.25) is 0 Å². The molecule has 2 aromatic heterocycles. The van der Waals surface area contributed by atoms with Crippen LogP contribution in [0.25, 0.3) is 5.65 Å². The molecular weight excluding hydrogens is 420 g/mol. The van der Waals surface area contributed by atoms with Crippen LogP contribution < -0.4 is 5.32 Å². The lowest BCUT2D eigenvalue weighted by Gasteiger charge is -2.20. The summed E-state index contributed by atoms with van der Waals surface area (Å²) >= 11 is 1.75. The number of aromatic nitrogens is 3. The molecule has 0 radical (unpaired) electrons. The summed E-state index contributed by atoms with van der Waals surface area (Å²) in [4.78, 5) is 25.1. The van der Waals surface area contributed by atoms with Crippen molar-refractivity contribution in [2.75, 3.05) is 12.0 Å². The van der Waals surface area contributed by atoms with Crippen LogP contribution >= 0.6 is 11.8 Å². The van der Waals surface area contributed by atoms with Gasteiger partial charge in [-0.3, -0.25) is 14.0 Å². The average molecular weight is 451 g/mol. The number of carbonyl (C=O) groups excluding carboxylic acids is 2. The van der Waals surface area contributed by atoms with Crippen molar-refractivity contribution in [1.29, 1.82) is 0 Å². The van der Waals surface area contributed by atoms with Crippen molar-refractivity contribution in [2.24, 2.45) is 5.92 Å². The van der Waals surface area contributed by atoms with Gasteiger partial charge >= 0.3 is 0 Å². The largest absolute Gasteiger partial charge is 0.346 e. The number of amides is 1. The molecule has 6 nitrogen and oxygen atoms in total. The molecule has 3 atom stereocenters. The first-order valence-corrected chi connectivity index (χ1v) is 12.7. The van der Waals surface area contributed by atoms with Gasteiger partial charge in [0.15, 0.2) is 11.5 Å². The Balaban J connectivity index is 1.45. The van der Waals surface area contributed by atoms with Gasteiger partial charge in [-0.05, 0) is 67.9 Å². The van der Waals surface area contributed by atoms with E-state index in [9.17, 15) is 9.59 Å². The van der Waals surface area contributed by atoms with E-state index < -0.39 is 0 Å². The predicted molar refractivity (Wildman–Crippen MR) is 128 cm³/mol. The molecule has 0 saturated heterocycles. The molecule has 1 saturated carbocycles. The Morgan fingerprint density at radius 2 is 2.03 bits per heavy atom. The maximum Gasteiger partial charge on any atom is 0.227 e. The Labute approximate surface area is 193 Å². The number of hydrogen-bond donors (Lipinski definition) is 1. The fourth-order valence-corrected chi connectivity index (χ4v) is 4.85. The molecule has 0 bridgehead atoms. The number of hydrogen-bond acceptors (Lipinski definition) is 5. The van der Waals surface area contributed by atoms with Gasteiger partial charge in [-0.2, -0.15) is 11.8 Å². The minimum absolute atomic E-state index is 0.0255. The van der Waals surface area contributed by atoms with E-state index in [1.54, 1.807) is 11.8 Å². The SMILES string of the molecule is CSCC[C@H](NC(=O)[C@H](C)c1ccc(C[C@@H]2CCCC2=O)cc1)c1nnc2ccccn12. The zero-order valence-electron chi connectivity index (χ0n) is 18.7. The molecule has 1 aliphatic rings. The summed E-state index contributed by atoms with van der Waals surface area (Å²) in [5.74, 6) is 1.91. The van der Waals surface area contributed by atoms with Crippen LogP contribution in [0.5, 0.6) is 0 Å². The Morgan fingerprint density at radius 1 is 1.22 bits per heavy atom. The van der Waals surface area contributed by atoms with E-state index >= 15 is 0 Å². The third-order valence-electron chi connectivity index (χ3n) is 6.37. The highest BCUT2D eigenvalue weighted by Crippen LogP contribution is 2.26. The van der Waals surface area contributed by atoms with Crippen LogP contribution in [0, 0.1) is 5.92 Å². The summed E-state index contributed by atoms with van der Waals surface area (Å²) in [5.41, 5.74) is 2.91. The highest BCUT2D eigenvalue weighted by atomic mass is 32.2. The highest BCUT2D eigenvalue weighted by molar-refractivity contribution is 7.98. The lowest BCUT2D eigenvalue weighted by Crippen LogP contribution is -2.33. The van der Waals surface area contributed by atoms with E-state index in [1.807, 2.05) is 47.9 Å². The van der Waals surface area contributed by atoms with E-state index in [1.165, 1.54) is 0 Å². The van der Waals surface area contributed by atoms with Crippen LogP contribution in [0.3, 0.4) is 0 Å². The normalized spacial score (nSPS) is 18.1. The van der Waals surface area contributed by atoms with Crippen LogP contribution in [-0.2, 0) is 16.0 Å². The molecular formula is C25H30N4O2S. The summed E-state index contributed by atoms with van der Waals surface area (Å²) < 4.78 is 1.94. The topological polar surface area (TPSA) is 76.4 Å². The molecule has 1 amide bonds. The minimum Gasteiger partial charge on any atom is -0.346 e. The van der Waals surface area contributed by atoms with Crippen molar-refractivity contribution in [2.45, 2.75) is 51.0 Å². The van der Waals surface area contributed by atoms with Crippen molar-refractivity contribution in [3.8, 4) is 0 Å². The highest BCUT2D eigenvalue weighted by Gasteiger charge is 2.25. The van der Waals surface area contributed by atoms with E-state index in [2.05, 4.69) is 33.9 Å². The average Bonchev–Trinajstić information content (AvgIpc) is 3.42. The molecule has 0 spiro atoms. The Kier molecular flexibility index (Phi) is 7.25. The molecule has 1 fully saturated rings. The number of benzene rings is 1. The molecule has 32 heavy (non-hydrogen) atoms. The van der Waals surface area contributed by atoms with Crippen molar-refractivity contribution in [3.05, 3.63) is 65.6 Å². The van der Waals surface area contributed by atoms with Gasteiger partial charge in [0.1, 0.15) is 5.78 Å². The second-order valence-electron chi connectivity index (χ2n) is 8.55. The number of nitrogens with zero attached hydrogens (tertiary/aromatic N) is 3. The van der Waals surface area contributed by atoms with Crippen LogP contribution in [0.1, 0.15) is 61.5 Å². The van der Waals surface area contributed by atoms with Gasteiger partial charge in [-0.1, -0.05) is 30.3 Å². The van der Waals surface area contributed by atoms with Gasteiger partial charge in [0, 0.05) is 18.5 Å². The first-order valence-electron chi connectivity index (χ1n) is 11.3. The fourth-order valence-electron chi connectivity index (χ4n) is 4.38. The Morgan fingerprint density at radius 3 is 2.75 bits per heavy atom. The van der Waals surface area contributed by atoms with Gasteiger partial charge in [0.25, 0.3) is 0 Å². The number of fused-ring (bicyclic) bond motifs is 1. The monoisotopic (exact) mass is 450 g/mol. The predicted octanol–water partition coefficient (Wildman–Crippen LogP) is 4.36. The van der Waals surface area contributed by atoms with Crippen molar-refractivity contribution >= 4 is 29.1 Å². The number of nitrogens with one attached hydrogen (secondary N) is 1. The standard InChI is InChI=1S/C25H30N4O2S/c1-17(19-11-9-18(10-12-19)16-20-6-5-7-22(20)30)25(31)26-21(13-15-32-2)24-28-27-23-8-3-4-14-29(23)24/h3-4,8-12,14,17,20-21H,5-7,13,15-16H2,1-2H3,(H,26,31)/t17-,20+,21+/m1/s1. The number of thioether (sulfide) groups is 1. The third kappa shape index (κ3) is 5.04. The van der Waals surface area contributed by atoms with Crippen molar-refractivity contribution < 1.29 is 9.59 Å². The maximum absolute atomic E-state index is 13.1. The zero-order chi connectivity index (χ0) is 22.5. The number of Topliss-reactive ketones (excluding diaryl/α,β-unsaturated/α-hetero) is 1. The third-order valence-corrected chi connectivity index (χ3v) is 7.01. The molecule has 1 aromatic carbocycles. The molecule has 4 rings (SSSR count). The van der Waals surface area contributed by atoms with Gasteiger partial charge in [-0.15, -0.1) is 10.2 Å². The van der Waals surface area contributed by atoms with Gasteiger partial charge < -0.3 is 5.32 Å².